The first-order valence-electron chi connectivity index (χ1n) is 5.35. The van der Waals surface area contributed by atoms with Crippen molar-refractivity contribution in [2.45, 2.75) is 0 Å². The fourth-order valence-electron chi connectivity index (χ4n) is 1.34. The van der Waals surface area contributed by atoms with E-state index in [2.05, 4.69) is 10.1 Å². The molecule has 1 aromatic rings. The zero-order chi connectivity index (χ0) is 14.4. The Hall–Kier alpha value is -2.22. The number of likely N-dealkylation sites (N-methyl/N-ethyl adjacent to an activating group) is 1. The van der Waals surface area contributed by atoms with E-state index in [9.17, 15) is 19.3 Å². The first-order chi connectivity index (χ1) is 9.01. The molecule has 0 amide bonds. The van der Waals surface area contributed by atoms with Crippen LogP contribution in [-0.2, 0) is 4.74 Å². The van der Waals surface area contributed by atoms with Crippen molar-refractivity contribution in [3.05, 3.63) is 33.6 Å². The number of rotatable bonds is 6. The molecule has 0 aliphatic heterocycles. The molecule has 0 spiro atoms. The van der Waals surface area contributed by atoms with Gasteiger partial charge >= 0.3 is 11.7 Å². The van der Waals surface area contributed by atoms with Crippen molar-refractivity contribution in [2.75, 3.05) is 27.3 Å². The highest BCUT2D eigenvalue weighted by Crippen LogP contribution is 2.28. The molecule has 19 heavy (non-hydrogen) atoms. The van der Waals surface area contributed by atoms with Gasteiger partial charge in [-0.2, -0.15) is 4.39 Å². The second kappa shape index (κ2) is 6.64. The van der Waals surface area contributed by atoms with Crippen LogP contribution in [0, 0.1) is 15.9 Å². The third-order valence-corrected chi connectivity index (χ3v) is 2.26. The number of carbonyl (C=O) groups excluding carboxylic acids is 1. The van der Waals surface area contributed by atoms with Crippen LogP contribution in [0.4, 0.5) is 10.1 Å². The third kappa shape index (κ3) is 3.62. The van der Waals surface area contributed by atoms with Gasteiger partial charge in [0.25, 0.3) is 0 Å². The van der Waals surface area contributed by atoms with E-state index in [1.54, 1.807) is 7.05 Å². The van der Waals surface area contributed by atoms with Gasteiger partial charge in [-0.1, -0.05) is 0 Å². The number of methoxy groups -OCH3 is 1. The number of halogens is 1. The second-order valence-electron chi connectivity index (χ2n) is 3.50. The van der Waals surface area contributed by atoms with Crippen LogP contribution in [0.2, 0.25) is 0 Å². The molecule has 0 aliphatic carbocycles. The maximum atomic E-state index is 13.5. The summed E-state index contributed by atoms with van der Waals surface area (Å²) < 4.78 is 23.1. The van der Waals surface area contributed by atoms with Crippen LogP contribution in [0.15, 0.2) is 12.1 Å². The molecule has 0 saturated carbocycles. The molecule has 0 radical (unpaired) electrons. The summed E-state index contributed by atoms with van der Waals surface area (Å²) in [5.41, 5.74) is -0.993. The molecule has 0 bridgehead atoms. The fraction of sp³-hybridized carbons (Fsp3) is 0.364. The lowest BCUT2D eigenvalue weighted by atomic mass is 10.1. The van der Waals surface area contributed by atoms with Gasteiger partial charge in [-0.15, -0.1) is 0 Å². The van der Waals surface area contributed by atoms with Crippen molar-refractivity contribution < 1.29 is 23.6 Å². The Labute approximate surface area is 108 Å². The quantitative estimate of drug-likeness (QED) is 0.361. The number of carbonyl (C=O) groups is 1. The van der Waals surface area contributed by atoms with Crippen LogP contribution < -0.4 is 10.1 Å². The molecular weight excluding hydrogens is 259 g/mol. The minimum absolute atomic E-state index is 0.0924. The van der Waals surface area contributed by atoms with Crippen LogP contribution in [0.25, 0.3) is 0 Å². The molecule has 0 saturated heterocycles. The summed E-state index contributed by atoms with van der Waals surface area (Å²) in [4.78, 5) is 21.2. The number of nitro benzene ring substituents is 1. The molecule has 0 heterocycles. The lowest BCUT2D eigenvalue weighted by molar-refractivity contribution is -0.387. The molecule has 7 nitrogen and oxygen atoms in total. The molecule has 0 atom stereocenters. The SMILES string of the molecule is CNCCOc1cc(F)c([N+](=O)[O-])cc1C(=O)OC. The second-order valence-corrected chi connectivity index (χ2v) is 3.50. The predicted molar refractivity (Wildman–Crippen MR) is 63.8 cm³/mol. The number of hydrogen-bond donors (Lipinski definition) is 1. The maximum Gasteiger partial charge on any atom is 0.341 e. The smallest absolute Gasteiger partial charge is 0.341 e. The molecule has 0 aliphatic rings. The van der Waals surface area contributed by atoms with Crippen LogP contribution in [-0.4, -0.2) is 38.2 Å². The number of esters is 1. The molecule has 1 rings (SSSR count). The number of benzene rings is 1. The van der Waals surface area contributed by atoms with Crippen molar-refractivity contribution >= 4 is 11.7 Å². The Balaban J connectivity index is 3.16. The summed E-state index contributed by atoms with van der Waals surface area (Å²) in [7, 11) is 2.82. The highest BCUT2D eigenvalue weighted by atomic mass is 19.1. The van der Waals surface area contributed by atoms with E-state index in [4.69, 9.17) is 4.74 Å². The van der Waals surface area contributed by atoms with Crippen molar-refractivity contribution in [3.63, 3.8) is 0 Å². The van der Waals surface area contributed by atoms with E-state index in [1.165, 1.54) is 0 Å². The monoisotopic (exact) mass is 272 g/mol. The van der Waals surface area contributed by atoms with Gasteiger partial charge in [0.2, 0.25) is 5.82 Å². The Morgan fingerprint density at radius 2 is 2.21 bits per heavy atom. The van der Waals surface area contributed by atoms with Gasteiger partial charge in [0.1, 0.15) is 17.9 Å². The Kier molecular flexibility index (Phi) is 5.19. The summed E-state index contributed by atoms with van der Waals surface area (Å²) in [5.74, 6) is -2.00. The highest BCUT2D eigenvalue weighted by molar-refractivity contribution is 5.93. The van der Waals surface area contributed by atoms with Gasteiger partial charge in [-0.25, -0.2) is 4.79 Å². The number of hydrogen-bond acceptors (Lipinski definition) is 6. The van der Waals surface area contributed by atoms with Gasteiger partial charge in [-0.3, -0.25) is 10.1 Å². The van der Waals surface area contributed by atoms with Crippen LogP contribution in [0.3, 0.4) is 0 Å². The van der Waals surface area contributed by atoms with Gasteiger partial charge < -0.3 is 14.8 Å². The van der Waals surface area contributed by atoms with E-state index < -0.39 is 22.4 Å². The Bertz CT molecular complexity index is 492. The van der Waals surface area contributed by atoms with Crippen molar-refractivity contribution in [1.29, 1.82) is 0 Å². The maximum absolute atomic E-state index is 13.5. The fourth-order valence-corrected chi connectivity index (χ4v) is 1.34. The zero-order valence-corrected chi connectivity index (χ0v) is 10.4. The molecular formula is C11H13FN2O5. The largest absolute Gasteiger partial charge is 0.491 e. The lowest BCUT2D eigenvalue weighted by Gasteiger charge is -2.10. The first kappa shape index (κ1) is 14.8. The van der Waals surface area contributed by atoms with Gasteiger partial charge in [-0.05, 0) is 7.05 Å². The molecule has 0 unspecified atom stereocenters. The van der Waals surface area contributed by atoms with Crippen LogP contribution >= 0.6 is 0 Å². The predicted octanol–water partition coefficient (Wildman–Crippen LogP) is 1.12. The normalized spacial score (nSPS) is 10.1. The zero-order valence-electron chi connectivity index (χ0n) is 10.4. The van der Waals surface area contributed by atoms with E-state index in [1.807, 2.05) is 0 Å². The minimum Gasteiger partial charge on any atom is -0.491 e. The summed E-state index contributed by atoms with van der Waals surface area (Å²) in [6, 6.07) is 1.61. The van der Waals surface area contributed by atoms with E-state index in [-0.39, 0.29) is 17.9 Å². The number of ether oxygens (including phenoxy) is 2. The molecule has 8 heteroatoms. The molecule has 1 N–H and O–H groups in total. The van der Waals surface area contributed by atoms with Crippen molar-refractivity contribution in [1.82, 2.24) is 5.32 Å². The van der Waals surface area contributed by atoms with Gasteiger partial charge in [0.15, 0.2) is 0 Å². The average Bonchev–Trinajstić information content (AvgIpc) is 2.38. The molecule has 0 fully saturated rings. The number of nitrogens with one attached hydrogen (secondary N) is 1. The van der Waals surface area contributed by atoms with E-state index in [0.29, 0.717) is 6.54 Å². The van der Waals surface area contributed by atoms with Gasteiger partial charge in [0, 0.05) is 18.7 Å². The highest BCUT2D eigenvalue weighted by Gasteiger charge is 2.23. The molecule has 1 aromatic carbocycles. The first-order valence-corrected chi connectivity index (χ1v) is 5.35. The van der Waals surface area contributed by atoms with E-state index >= 15 is 0 Å². The standard InChI is InChI=1S/C11H13FN2O5/c1-13-3-4-19-10-6-8(12)9(14(16)17)5-7(10)11(15)18-2/h5-6,13H,3-4H2,1-2H3. The van der Waals surface area contributed by atoms with Gasteiger partial charge in [0.05, 0.1) is 12.0 Å². The summed E-state index contributed by atoms with van der Waals surface area (Å²) in [5, 5.41) is 13.4. The topological polar surface area (TPSA) is 90.7 Å². The lowest BCUT2D eigenvalue weighted by Crippen LogP contribution is -2.17. The molecule has 0 aromatic heterocycles. The Morgan fingerprint density at radius 1 is 1.53 bits per heavy atom. The van der Waals surface area contributed by atoms with Crippen LogP contribution in [0.5, 0.6) is 5.75 Å². The minimum atomic E-state index is -1.07. The third-order valence-electron chi connectivity index (χ3n) is 2.26. The summed E-state index contributed by atoms with van der Waals surface area (Å²) >= 11 is 0. The number of nitro groups is 1. The summed E-state index contributed by atoms with van der Waals surface area (Å²) in [6.07, 6.45) is 0. The van der Waals surface area contributed by atoms with Crippen LogP contribution in [0.1, 0.15) is 10.4 Å². The number of nitrogens with zero attached hydrogens (tertiary/aromatic N) is 1. The molecule has 104 valence electrons. The van der Waals surface area contributed by atoms with E-state index in [0.717, 1.165) is 19.2 Å². The average molecular weight is 272 g/mol. The Morgan fingerprint density at radius 3 is 2.74 bits per heavy atom. The summed E-state index contributed by atoms with van der Waals surface area (Å²) in [6.45, 7) is 0.650. The van der Waals surface area contributed by atoms with Crippen molar-refractivity contribution in [2.24, 2.45) is 0 Å². The van der Waals surface area contributed by atoms with Crippen molar-refractivity contribution in [3.8, 4) is 5.75 Å².